The number of carbonyl (C=O) groups is 2. The number of anilines is 2. The summed E-state index contributed by atoms with van der Waals surface area (Å²) in [4.78, 5) is 25.9. The van der Waals surface area contributed by atoms with Gasteiger partial charge in [0, 0.05) is 18.7 Å². The number of fused-ring (bicyclic) bond motifs is 1. The number of carbonyl (C=O) groups excluding carboxylic acids is 2. The highest BCUT2D eigenvalue weighted by atomic mass is 16.5. The molecule has 0 bridgehead atoms. The highest BCUT2D eigenvalue weighted by Gasteiger charge is 2.25. The first-order valence-electron chi connectivity index (χ1n) is 9.08. The molecular formula is C21H24N2O3. The molecule has 0 saturated heterocycles. The average molecular weight is 352 g/mol. The van der Waals surface area contributed by atoms with E-state index >= 15 is 0 Å². The second kappa shape index (κ2) is 8.52. The summed E-state index contributed by atoms with van der Waals surface area (Å²) in [6.07, 6.45) is 3.05. The molecule has 2 aromatic rings. The number of nitrogens with zero attached hydrogens (tertiary/aromatic N) is 1. The van der Waals surface area contributed by atoms with Gasteiger partial charge in [-0.15, -0.1) is 0 Å². The van der Waals surface area contributed by atoms with Gasteiger partial charge in [-0.25, -0.2) is 0 Å². The van der Waals surface area contributed by atoms with Crippen molar-refractivity contribution in [3.63, 3.8) is 0 Å². The summed E-state index contributed by atoms with van der Waals surface area (Å²) in [5.41, 5.74) is 2.67. The molecule has 0 radical (unpaired) electrons. The van der Waals surface area contributed by atoms with Crippen LogP contribution in [0.15, 0.2) is 48.5 Å². The molecule has 2 amide bonds. The smallest absolute Gasteiger partial charge is 0.265 e. The lowest BCUT2D eigenvalue weighted by Gasteiger charge is -2.30. The van der Waals surface area contributed by atoms with Gasteiger partial charge in [-0.2, -0.15) is 0 Å². The highest BCUT2D eigenvalue weighted by molar-refractivity contribution is 5.99. The molecule has 0 aromatic heterocycles. The quantitative estimate of drug-likeness (QED) is 0.825. The standard InChI is InChI=1S/C21H24N2O3/c1-2-7-20(24)22-17-11-12-19-18(14-17)23(21(25)15-26-19)13-6-10-16-8-4-3-5-9-16/h3-5,8-9,11-12,14H,2,6-7,10,13,15H2,1H3,(H,22,24). The first kappa shape index (κ1) is 18.0. The minimum absolute atomic E-state index is 0.0221. The number of nitrogens with one attached hydrogen (secondary N) is 1. The first-order valence-corrected chi connectivity index (χ1v) is 9.08. The van der Waals surface area contributed by atoms with E-state index in [-0.39, 0.29) is 18.4 Å². The van der Waals surface area contributed by atoms with Crippen molar-refractivity contribution in [1.82, 2.24) is 0 Å². The van der Waals surface area contributed by atoms with E-state index in [2.05, 4.69) is 17.4 Å². The van der Waals surface area contributed by atoms with Crippen LogP contribution in [0.2, 0.25) is 0 Å². The molecule has 0 saturated carbocycles. The van der Waals surface area contributed by atoms with Crippen molar-refractivity contribution >= 4 is 23.2 Å². The Hall–Kier alpha value is -2.82. The van der Waals surface area contributed by atoms with E-state index in [9.17, 15) is 9.59 Å². The molecule has 0 unspecified atom stereocenters. The van der Waals surface area contributed by atoms with E-state index in [1.807, 2.05) is 43.3 Å². The predicted molar refractivity (Wildman–Crippen MR) is 103 cm³/mol. The van der Waals surface area contributed by atoms with Crippen LogP contribution in [0.4, 0.5) is 11.4 Å². The van der Waals surface area contributed by atoms with Gasteiger partial charge < -0.3 is 15.0 Å². The van der Waals surface area contributed by atoms with E-state index in [4.69, 9.17) is 4.74 Å². The third kappa shape index (κ3) is 4.42. The summed E-state index contributed by atoms with van der Waals surface area (Å²) in [6.45, 7) is 2.64. The maximum Gasteiger partial charge on any atom is 0.265 e. The molecule has 136 valence electrons. The lowest BCUT2D eigenvalue weighted by molar-refractivity contribution is -0.121. The zero-order chi connectivity index (χ0) is 18.4. The fourth-order valence-electron chi connectivity index (χ4n) is 3.06. The monoisotopic (exact) mass is 352 g/mol. The molecule has 0 aliphatic carbocycles. The van der Waals surface area contributed by atoms with Gasteiger partial charge in [-0.3, -0.25) is 9.59 Å². The van der Waals surface area contributed by atoms with Gasteiger partial charge in [0.05, 0.1) is 5.69 Å². The Bertz CT molecular complexity index is 774. The van der Waals surface area contributed by atoms with Crippen molar-refractivity contribution in [2.75, 3.05) is 23.4 Å². The molecule has 1 aliphatic rings. The second-order valence-electron chi connectivity index (χ2n) is 6.40. The molecule has 5 heteroatoms. The molecular weight excluding hydrogens is 328 g/mol. The Labute approximate surface area is 154 Å². The topological polar surface area (TPSA) is 58.6 Å². The molecule has 26 heavy (non-hydrogen) atoms. The summed E-state index contributed by atoms with van der Waals surface area (Å²) >= 11 is 0. The van der Waals surface area contributed by atoms with Crippen molar-refractivity contribution in [2.45, 2.75) is 32.6 Å². The number of aryl methyl sites for hydroxylation is 1. The summed E-state index contributed by atoms with van der Waals surface area (Å²) in [5.74, 6) is 0.603. The normalized spacial score (nSPS) is 13.1. The van der Waals surface area contributed by atoms with E-state index in [0.717, 1.165) is 24.9 Å². The van der Waals surface area contributed by atoms with Gasteiger partial charge in [0.15, 0.2) is 6.61 Å². The van der Waals surface area contributed by atoms with Gasteiger partial charge in [0.2, 0.25) is 5.91 Å². The van der Waals surface area contributed by atoms with Crippen molar-refractivity contribution in [2.24, 2.45) is 0 Å². The number of hydrogen-bond acceptors (Lipinski definition) is 3. The van der Waals surface area contributed by atoms with Gasteiger partial charge in [0.1, 0.15) is 5.75 Å². The summed E-state index contributed by atoms with van der Waals surface area (Å²) in [5, 5.41) is 2.88. The maximum atomic E-state index is 12.3. The Morgan fingerprint density at radius 2 is 2.00 bits per heavy atom. The number of benzene rings is 2. The summed E-state index contributed by atoms with van der Waals surface area (Å²) < 4.78 is 5.53. The SMILES string of the molecule is CCCC(=O)Nc1ccc2c(c1)N(CCCc1ccccc1)C(=O)CO2. The van der Waals surface area contributed by atoms with Crippen molar-refractivity contribution in [3.8, 4) is 5.75 Å². The van der Waals surface area contributed by atoms with E-state index in [1.54, 1.807) is 4.90 Å². The van der Waals surface area contributed by atoms with Crippen molar-refractivity contribution in [1.29, 1.82) is 0 Å². The van der Waals surface area contributed by atoms with Gasteiger partial charge >= 0.3 is 0 Å². The van der Waals surface area contributed by atoms with Gasteiger partial charge in [-0.1, -0.05) is 37.3 Å². The minimum Gasteiger partial charge on any atom is -0.482 e. The fraction of sp³-hybridized carbons (Fsp3) is 0.333. The van der Waals surface area contributed by atoms with Crippen LogP contribution in [0.3, 0.4) is 0 Å². The van der Waals surface area contributed by atoms with Crippen LogP contribution in [0.25, 0.3) is 0 Å². The highest BCUT2D eigenvalue weighted by Crippen LogP contribution is 2.34. The van der Waals surface area contributed by atoms with Crippen LogP contribution < -0.4 is 15.0 Å². The van der Waals surface area contributed by atoms with Crippen LogP contribution in [-0.4, -0.2) is 25.0 Å². The zero-order valence-electron chi connectivity index (χ0n) is 15.0. The van der Waals surface area contributed by atoms with Crippen LogP contribution in [0.1, 0.15) is 31.7 Å². The Kier molecular flexibility index (Phi) is 5.89. The lowest BCUT2D eigenvalue weighted by Crippen LogP contribution is -2.39. The molecule has 2 aromatic carbocycles. The predicted octanol–water partition coefficient (Wildman–Crippen LogP) is 3.78. The number of ether oxygens (including phenoxy) is 1. The molecule has 0 spiro atoms. The maximum absolute atomic E-state index is 12.3. The Balaban J connectivity index is 1.70. The van der Waals surface area contributed by atoms with Crippen LogP contribution in [0, 0.1) is 0 Å². The third-order valence-corrected chi connectivity index (χ3v) is 4.35. The summed E-state index contributed by atoms with van der Waals surface area (Å²) in [7, 11) is 0. The van der Waals surface area contributed by atoms with Gasteiger partial charge in [0.25, 0.3) is 5.91 Å². The van der Waals surface area contributed by atoms with Crippen LogP contribution >= 0.6 is 0 Å². The Morgan fingerprint density at radius 3 is 2.77 bits per heavy atom. The molecule has 5 nitrogen and oxygen atoms in total. The second-order valence-corrected chi connectivity index (χ2v) is 6.40. The van der Waals surface area contributed by atoms with E-state index in [0.29, 0.717) is 24.4 Å². The minimum atomic E-state index is -0.0532. The van der Waals surface area contributed by atoms with Crippen molar-refractivity contribution in [3.05, 3.63) is 54.1 Å². The molecule has 1 N–H and O–H groups in total. The molecule has 0 fully saturated rings. The van der Waals surface area contributed by atoms with Crippen LogP contribution in [0.5, 0.6) is 5.75 Å². The van der Waals surface area contributed by atoms with E-state index in [1.165, 1.54) is 5.56 Å². The largest absolute Gasteiger partial charge is 0.482 e. The lowest BCUT2D eigenvalue weighted by atomic mass is 10.1. The van der Waals surface area contributed by atoms with Crippen LogP contribution in [-0.2, 0) is 16.0 Å². The summed E-state index contributed by atoms with van der Waals surface area (Å²) in [6, 6.07) is 15.7. The first-order chi connectivity index (χ1) is 12.7. The Morgan fingerprint density at radius 1 is 1.19 bits per heavy atom. The molecule has 0 atom stereocenters. The zero-order valence-corrected chi connectivity index (χ0v) is 15.0. The molecule has 1 aliphatic heterocycles. The number of amides is 2. The molecule has 3 rings (SSSR count). The van der Waals surface area contributed by atoms with Gasteiger partial charge in [-0.05, 0) is 43.0 Å². The van der Waals surface area contributed by atoms with E-state index < -0.39 is 0 Å². The molecule has 1 heterocycles. The fourth-order valence-corrected chi connectivity index (χ4v) is 3.06. The number of hydrogen-bond donors (Lipinski definition) is 1. The number of rotatable bonds is 7. The average Bonchev–Trinajstić information content (AvgIpc) is 2.64. The third-order valence-electron chi connectivity index (χ3n) is 4.35. The van der Waals surface area contributed by atoms with Crippen molar-refractivity contribution < 1.29 is 14.3 Å².